The molecule has 2 aromatic rings. The van der Waals surface area contributed by atoms with Gasteiger partial charge in [-0.3, -0.25) is 4.79 Å². The maximum Gasteiger partial charge on any atom is 0.239 e. The van der Waals surface area contributed by atoms with Crippen LogP contribution in [0.3, 0.4) is 0 Å². The lowest BCUT2D eigenvalue weighted by Crippen LogP contribution is -2.14. The summed E-state index contributed by atoms with van der Waals surface area (Å²) >= 11 is 11.5. The van der Waals surface area contributed by atoms with E-state index in [1.165, 1.54) is 0 Å². The fraction of sp³-hybridized carbons (Fsp3) is 0.188. The lowest BCUT2D eigenvalue weighted by molar-refractivity contribution is -0.113. The van der Waals surface area contributed by atoms with Gasteiger partial charge < -0.3 is 10.1 Å². The Labute approximate surface area is 133 Å². The summed E-state index contributed by atoms with van der Waals surface area (Å²) in [5.41, 5.74) is 2.57. The number of alkyl halides is 1. The molecule has 0 aliphatic carbocycles. The van der Waals surface area contributed by atoms with Gasteiger partial charge in [-0.1, -0.05) is 41.9 Å². The van der Waals surface area contributed by atoms with Gasteiger partial charge in [0, 0.05) is 16.3 Å². The minimum atomic E-state index is -0.261. The smallest absolute Gasteiger partial charge is 0.239 e. The van der Waals surface area contributed by atoms with Crippen LogP contribution in [0.1, 0.15) is 11.1 Å². The fourth-order valence-corrected chi connectivity index (χ4v) is 2.10. The average molecular weight is 324 g/mol. The van der Waals surface area contributed by atoms with E-state index in [0.717, 1.165) is 11.1 Å². The maximum absolute atomic E-state index is 11.4. The summed E-state index contributed by atoms with van der Waals surface area (Å²) in [6.07, 6.45) is 0. The summed E-state index contributed by atoms with van der Waals surface area (Å²) in [5, 5.41) is 3.32. The van der Waals surface area contributed by atoms with Crippen molar-refractivity contribution in [2.24, 2.45) is 0 Å². The van der Waals surface area contributed by atoms with E-state index in [0.29, 0.717) is 23.9 Å². The van der Waals surface area contributed by atoms with Crippen molar-refractivity contribution in [2.45, 2.75) is 13.2 Å². The minimum absolute atomic E-state index is 0.0903. The highest BCUT2D eigenvalue weighted by atomic mass is 35.5. The summed E-state index contributed by atoms with van der Waals surface area (Å²) in [7, 11) is 0. The Balaban J connectivity index is 2.01. The molecule has 2 rings (SSSR count). The van der Waals surface area contributed by atoms with Gasteiger partial charge in [-0.2, -0.15) is 0 Å². The molecule has 3 nitrogen and oxygen atoms in total. The number of amides is 1. The van der Waals surface area contributed by atoms with Crippen molar-refractivity contribution < 1.29 is 9.53 Å². The van der Waals surface area contributed by atoms with E-state index in [-0.39, 0.29) is 11.8 Å². The topological polar surface area (TPSA) is 38.3 Å². The second-order valence-corrected chi connectivity index (χ2v) is 5.17. The standard InChI is InChI=1S/C16H15Cl2NO2/c17-9-16(20)19-15-7-6-14(18)8-13(15)11-21-10-12-4-2-1-3-5-12/h1-8H,9-11H2,(H,19,20). The number of hydrogen-bond acceptors (Lipinski definition) is 2. The zero-order valence-electron chi connectivity index (χ0n) is 11.3. The quantitative estimate of drug-likeness (QED) is 0.808. The second kappa shape index (κ2) is 8.03. The molecule has 1 N–H and O–H groups in total. The van der Waals surface area contributed by atoms with Crippen LogP contribution in [0.2, 0.25) is 5.02 Å². The first-order valence-corrected chi connectivity index (χ1v) is 7.36. The largest absolute Gasteiger partial charge is 0.372 e. The predicted molar refractivity (Wildman–Crippen MR) is 85.7 cm³/mol. The lowest BCUT2D eigenvalue weighted by atomic mass is 10.2. The van der Waals surface area contributed by atoms with Crippen LogP contribution in [0, 0.1) is 0 Å². The van der Waals surface area contributed by atoms with Crippen molar-refractivity contribution in [3.8, 4) is 0 Å². The normalized spacial score (nSPS) is 10.4. The first-order valence-electron chi connectivity index (χ1n) is 6.45. The Bertz CT molecular complexity index is 602. The van der Waals surface area contributed by atoms with E-state index in [1.54, 1.807) is 18.2 Å². The molecule has 0 radical (unpaired) electrons. The Hall–Kier alpha value is -1.55. The van der Waals surface area contributed by atoms with Crippen LogP contribution < -0.4 is 5.32 Å². The first-order chi connectivity index (χ1) is 10.2. The van der Waals surface area contributed by atoms with Gasteiger partial charge in [0.25, 0.3) is 0 Å². The zero-order chi connectivity index (χ0) is 15.1. The molecular formula is C16H15Cl2NO2. The Kier molecular flexibility index (Phi) is 6.05. The Morgan fingerprint density at radius 3 is 2.57 bits per heavy atom. The van der Waals surface area contributed by atoms with Crippen molar-refractivity contribution >= 4 is 34.8 Å². The molecule has 1 amide bonds. The number of ether oxygens (including phenoxy) is 1. The molecule has 0 spiro atoms. The van der Waals surface area contributed by atoms with E-state index in [9.17, 15) is 4.79 Å². The number of benzene rings is 2. The van der Waals surface area contributed by atoms with Gasteiger partial charge in [0.2, 0.25) is 5.91 Å². The van der Waals surface area contributed by atoms with Crippen LogP contribution in [0.5, 0.6) is 0 Å². The van der Waals surface area contributed by atoms with Gasteiger partial charge in [-0.15, -0.1) is 11.6 Å². The monoisotopic (exact) mass is 323 g/mol. The fourth-order valence-electron chi connectivity index (χ4n) is 1.84. The van der Waals surface area contributed by atoms with Gasteiger partial charge >= 0.3 is 0 Å². The predicted octanol–water partition coefficient (Wildman–Crippen LogP) is 4.23. The highest BCUT2D eigenvalue weighted by molar-refractivity contribution is 6.31. The third-order valence-electron chi connectivity index (χ3n) is 2.83. The lowest BCUT2D eigenvalue weighted by Gasteiger charge is -2.11. The van der Waals surface area contributed by atoms with E-state index < -0.39 is 0 Å². The molecule has 0 aliphatic heterocycles. The third kappa shape index (κ3) is 5.05. The van der Waals surface area contributed by atoms with E-state index in [2.05, 4.69) is 5.32 Å². The molecular weight excluding hydrogens is 309 g/mol. The molecule has 0 fully saturated rings. The second-order valence-electron chi connectivity index (χ2n) is 4.46. The van der Waals surface area contributed by atoms with Gasteiger partial charge in [-0.05, 0) is 23.8 Å². The first kappa shape index (κ1) is 15.8. The molecule has 110 valence electrons. The number of anilines is 1. The molecule has 0 aromatic heterocycles. The molecule has 0 saturated heterocycles. The van der Waals surface area contributed by atoms with E-state index >= 15 is 0 Å². The van der Waals surface area contributed by atoms with Crippen LogP contribution in [-0.2, 0) is 22.7 Å². The van der Waals surface area contributed by atoms with Gasteiger partial charge in [0.15, 0.2) is 0 Å². The number of hydrogen-bond donors (Lipinski definition) is 1. The van der Waals surface area contributed by atoms with Crippen molar-refractivity contribution in [1.29, 1.82) is 0 Å². The zero-order valence-corrected chi connectivity index (χ0v) is 12.8. The number of halogens is 2. The molecule has 5 heteroatoms. The summed E-state index contributed by atoms with van der Waals surface area (Å²) in [4.78, 5) is 11.4. The molecule has 2 aromatic carbocycles. The molecule has 0 unspecified atom stereocenters. The summed E-state index contributed by atoms with van der Waals surface area (Å²) < 4.78 is 5.67. The van der Waals surface area contributed by atoms with Crippen LogP contribution in [0.15, 0.2) is 48.5 Å². The van der Waals surface area contributed by atoms with Crippen molar-refractivity contribution in [3.05, 3.63) is 64.7 Å². The van der Waals surface area contributed by atoms with Crippen molar-refractivity contribution in [2.75, 3.05) is 11.2 Å². The van der Waals surface area contributed by atoms with Crippen LogP contribution in [-0.4, -0.2) is 11.8 Å². The number of nitrogens with one attached hydrogen (secondary N) is 1. The van der Waals surface area contributed by atoms with E-state index in [1.807, 2.05) is 30.3 Å². The number of carbonyl (C=O) groups is 1. The van der Waals surface area contributed by atoms with Gasteiger partial charge in [0.05, 0.1) is 13.2 Å². The summed E-state index contributed by atoms with van der Waals surface area (Å²) in [6.45, 7) is 0.851. The SMILES string of the molecule is O=C(CCl)Nc1ccc(Cl)cc1COCc1ccccc1. The highest BCUT2D eigenvalue weighted by Crippen LogP contribution is 2.22. The Morgan fingerprint density at radius 2 is 1.86 bits per heavy atom. The molecule has 0 bridgehead atoms. The maximum atomic E-state index is 11.4. The van der Waals surface area contributed by atoms with E-state index in [4.69, 9.17) is 27.9 Å². The summed E-state index contributed by atoms with van der Waals surface area (Å²) in [5.74, 6) is -0.351. The summed E-state index contributed by atoms with van der Waals surface area (Å²) in [6, 6.07) is 15.1. The molecule has 0 heterocycles. The molecule has 0 atom stereocenters. The average Bonchev–Trinajstić information content (AvgIpc) is 2.50. The van der Waals surface area contributed by atoms with Gasteiger partial charge in [0.1, 0.15) is 5.88 Å². The molecule has 0 aliphatic rings. The number of rotatable bonds is 6. The number of carbonyl (C=O) groups excluding carboxylic acids is 1. The van der Waals surface area contributed by atoms with Crippen molar-refractivity contribution in [3.63, 3.8) is 0 Å². The van der Waals surface area contributed by atoms with Crippen LogP contribution in [0.25, 0.3) is 0 Å². The van der Waals surface area contributed by atoms with Crippen LogP contribution in [0.4, 0.5) is 5.69 Å². The third-order valence-corrected chi connectivity index (χ3v) is 3.31. The minimum Gasteiger partial charge on any atom is -0.372 e. The van der Waals surface area contributed by atoms with Crippen LogP contribution >= 0.6 is 23.2 Å². The molecule has 0 saturated carbocycles. The van der Waals surface area contributed by atoms with Crippen molar-refractivity contribution in [1.82, 2.24) is 0 Å². The Morgan fingerprint density at radius 1 is 1.10 bits per heavy atom. The molecule has 21 heavy (non-hydrogen) atoms. The highest BCUT2D eigenvalue weighted by Gasteiger charge is 2.07. The van der Waals surface area contributed by atoms with Gasteiger partial charge in [-0.25, -0.2) is 0 Å².